The molecule has 5 rings (SSSR count). The zero-order chi connectivity index (χ0) is 41.2. The number of carbonyl (C=O) groups is 8. The lowest BCUT2D eigenvalue weighted by molar-refractivity contribution is -0.139. The van der Waals surface area contributed by atoms with Crippen LogP contribution in [0.4, 0.5) is 0 Å². The zero-order valence-electron chi connectivity index (χ0n) is 28.6. The van der Waals surface area contributed by atoms with Gasteiger partial charge in [-0.25, -0.2) is 19.2 Å². The van der Waals surface area contributed by atoms with Crippen molar-refractivity contribution in [1.29, 1.82) is 0 Å². The quantitative estimate of drug-likeness (QED) is 0.0388. The van der Waals surface area contributed by atoms with Crippen molar-refractivity contribution in [2.45, 2.75) is 24.2 Å². The highest BCUT2D eigenvalue weighted by Crippen LogP contribution is 2.44. The van der Waals surface area contributed by atoms with E-state index in [-0.39, 0.29) is 56.0 Å². The van der Waals surface area contributed by atoms with Crippen LogP contribution in [0, 0.1) is 0 Å². The van der Waals surface area contributed by atoms with Gasteiger partial charge in [-0.3, -0.25) is 19.2 Å². The maximum absolute atomic E-state index is 13.8. The molecule has 0 heterocycles. The standard InChI is InChI=1S/C36H32N4O12S4/c41-29(37-21(9-53)33(45)46)17-5-1-13-14-2-6-19(31(43)39-23(11-55)35(49)50)28-20(32(44)40-24(12-56)36(51)52)8-4-16(26(14)28)15-3-7-18(27(17)25(13)15)30(42)38-22(10-54)34(47)48/h1-8,21-24,53-56H,9-12H2,(H,37,41)(H,38,42)(H,39,43)(H,40,44)(H,45,46)(H,47,48)(H,49,50)(H,51,52)/t21-,22-,23-,24-/m1/s1. The number of thiol groups is 4. The van der Waals surface area contributed by atoms with Gasteiger partial charge in [-0.15, -0.1) is 0 Å². The van der Waals surface area contributed by atoms with E-state index >= 15 is 0 Å². The fraction of sp³-hybridized carbons (Fsp3) is 0.222. The molecule has 0 unspecified atom stereocenters. The van der Waals surface area contributed by atoms with Gasteiger partial charge in [-0.1, -0.05) is 24.3 Å². The Morgan fingerprint density at radius 2 is 0.571 bits per heavy atom. The number of benzene rings is 5. The average molecular weight is 841 g/mol. The first kappa shape index (κ1) is 41.7. The van der Waals surface area contributed by atoms with E-state index in [0.29, 0.717) is 32.3 Å². The molecule has 56 heavy (non-hydrogen) atoms. The van der Waals surface area contributed by atoms with Gasteiger partial charge < -0.3 is 41.7 Å². The molecular weight excluding hydrogens is 809 g/mol. The summed E-state index contributed by atoms with van der Waals surface area (Å²) in [5.41, 5.74) is -0.588. The van der Waals surface area contributed by atoms with Gasteiger partial charge in [0.25, 0.3) is 23.6 Å². The molecular formula is C36H32N4O12S4. The molecule has 0 saturated carbocycles. The Hall–Kier alpha value is -5.44. The Labute approximate surface area is 337 Å². The van der Waals surface area contributed by atoms with E-state index in [4.69, 9.17) is 0 Å². The number of rotatable bonds is 16. The van der Waals surface area contributed by atoms with Crippen LogP contribution in [0.25, 0.3) is 43.1 Å². The van der Waals surface area contributed by atoms with Crippen LogP contribution in [0.5, 0.6) is 0 Å². The summed E-state index contributed by atoms with van der Waals surface area (Å²) in [6, 6.07) is 5.68. The van der Waals surface area contributed by atoms with Crippen LogP contribution in [-0.4, -0.2) is 115 Å². The minimum Gasteiger partial charge on any atom is -0.480 e. The zero-order valence-corrected chi connectivity index (χ0v) is 32.2. The van der Waals surface area contributed by atoms with Crippen molar-refractivity contribution >= 4 is 141 Å². The van der Waals surface area contributed by atoms with E-state index in [2.05, 4.69) is 71.8 Å². The first-order valence-corrected chi connectivity index (χ1v) is 18.9. The van der Waals surface area contributed by atoms with Crippen LogP contribution in [0.2, 0.25) is 0 Å². The highest BCUT2D eigenvalue weighted by molar-refractivity contribution is 7.80. The van der Waals surface area contributed by atoms with Crippen LogP contribution in [0.3, 0.4) is 0 Å². The third-order valence-corrected chi connectivity index (χ3v) is 10.5. The maximum atomic E-state index is 13.8. The van der Waals surface area contributed by atoms with Crippen molar-refractivity contribution < 1.29 is 58.8 Å². The molecule has 20 heteroatoms. The van der Waals surface area contributed by atoms with Gasteiger partial charge >= 0.3 is 23.9 Å². The van der Waals surface area contributed by atoms with Crippen LogP contribution >= 0.6 is 50.5 Å². The number of hydrogen-bond donors (Lipinski definition) is 12. The fourth-order valence-electron chi connectivity index (χ4n) is 6.33. The van der Waals surface area contributed by atoms with E-state index in [0.717, 1.165) is 0 Å². The summed E-state index contributed by atoms with van der Waals surface area (Å²) in [4.78, 5) is 102. The molecule has 0 aromatic heterocycles. The second-order valence-corrected chi connectivity index (χ2v) is 13.8. The summed E-state index contributed by atoms with van der Waals surface area (Å²) in [7, 11) is 0. The lowest BCUT2D eigenvalue weighted by Crippen LogP contribution is -2.43. The highest BCUT2D eigenvalue weighted by atomic mass is 32.1. The number of carboxylic acid groups (broad SMARTS) is 4. The number of amides is 4. The van der Waals surface area contributed by atoms with E-state index < -0.39 is 71.7 Å². The van der Waals surface area contributed by atoms with Crippen LogP contribution < -0.4 is 21.3 Å². The highest BCUT2D eigenvalue weighted by Gasteiger charge is 2.30. The number of nitrogens with one attached hydrogen (secondary N) is 4. The molecule has 0 fully saturated rings. The minimum atomic E-state index is -1.43. The second kappa shape index (κ2) is 17.1. The topological polar surface area (TPSA) is 266 Å². The molecule has 0 radical (unpaired) electrons. The van der Waals surface area contributed by atoms with Gasteiger partial charge in [0.2, 0.25) is 0 Å². The first-order chi connectivity index (χ1) is 26.6. The van der Waals surface area contributed by atoms with Crippen molar-refractivity contribution in [3.63, 3.8) is 0 Å². The number of hydrogen-bond acceptors (Lipinski definition) is 12. The van der Waals surface area contributed by atoms with Crippen LogP contribution in [0.15, 0.2) is 48.5 Å². The molecule has 0 aliphatic rings. The van der Waals surface area contributed by atoms with Gasteiger partial charge in [0, 0.05) is 56.0 Å². The van der Waals surface area contributed by atoms with E-state index in [9.17, 15) is 58.8 Å². The predicted molar refractivity (Wildman–Crippen MR) is 219 cm³/mol. The van der Waals surface area contributed by atoms with Crippen molar-refractivity contribution in [1.82, 2.24) is 21.3 Å². The molecule has 0 bridgehead atoms. The second-order valence-electron chi connectivity index (χ2n) is 12.3. The largest absolute Gasteiger partial charge is 0.480 e. The van der Waals surface area contributed by atoms with E-state index in [1.54, 1.807) is 0 Å². The fourth-order valence-corrected chi connectivity index (χ4v) is 7.32. The Kier molecular flexibility index (Phi) is 12.8. The maximum Gasteiger partial charge on any atom is 0.327 e. The summed E-state index contributed by atoms with van der Waals surface area (Å²) < 4.78 is 0. The number of carbonyl (C=O) groups excluding carboxylic acids is 4. The normalized spacial score (nSPS) is 13.5. The molecule has 0 aliphatic carbocycles. The predicted octanol–water partition coefficient (Wildman–Crippen LogP) is 2.19. The van der Waals surface area contributed by atoms with Crippen LogP contribution in [0.1, 0.15) is 41.4 Å². The van der Waals surface area contributed by atoms with Gasteiger partial charge in [0.15, 0.2) is 0 Å². The van der Waals surface area contributed by atoms with Crippen molar-refractivity contribution in [3.8, 4) is 0 Å². The monoisotopic (exact) mass is 840 g/mol. The molecule has 8 N–H and O–H groups in total. The molecule has 0 saturated heterocycles. The smallest absolute Gasteiger partial charge is 0.327 e. The summed E-state index contributed by atoms with van der Waals surface area (Å²) in [5.74, 6) is -10.2. The molecule has 5 aromatic rings. The van der Waals surface area contributed by atoms with Crippen molar-refractivity contribution in [2.75, 3.05) is 23.0 Å². The van der Waals surface area contributed by atoms with Crippen LogP contribution in [-0.2, 0) is 19.2 Å². The van der Waals surface area contributed by atoms with E-state index in [1.807, 2.05) is 0 Å². The first-order valence-electron chi connectivity index (χ1n) is 16.4. The minimum absolute atomic E-state index is 0.0141. The SMILES string of the molecule is O=C(N[C@H](CS)C(=O)O)c1ccc2c3ccc(C(=O)N[C@H](CS)C(=O)O)c4c(C(=O)N[C@H](CS)C(=O)O)ccc(c5ccc(C(=O)N[C@H](CS)C(=O)O)c1c25)c43. The summed E-state index contributed by atoms with van der Waals surface area (Å²) >= 11 is 16.1. The average Bonchev–Trinajstić information content (AvgIpc) is 3.17. The molecule has 5 aromatic carbocycles. The van der Waals surface area contributed by atoms with Gasteiger partial charge in [0.1, 0.15) is 24.2 Å². The van der Waals surface area contributed by atoms with Crippen molar-refractivity contribution in [2.24, 2.45) is 0 Å². The Morgan fingerprint density at radius 1 is 0.375 bits per heavy atom. The lowest BCUT2D eigenvalue weighted by Gasteiger charge is -2.22. The lowest BCUT2D eigenvalue weighted by atomic mass is 9.84. The molecule has 292 valence electrons. The molecule has 0 spiro atoms. The molecule has 4 amide bonds. The third kappa shape index (κ3) is 7.81. The Balaban J connectivity index is 1.90. The summed E-state index contributed by atoms with van der Waals surface area (Å²) in [5, 5.41) is 50.1. The number of carboxylic acids is 4. The number of aliphatic carboxylic acids is 4. The molecule has 0 aliphatic heterocycles. The number of fused-ring (bicyclic) bond motifs is 2. The van der Waals surface area contributed by atoms with Gasteiger partial charge in [-0.05, 0) is 56.6 Å². The van der Waals surface area contributed by atoms with Gasteiger partial charge in [0.05, 0.1) is 0 Å². The van der Waals surface area contributed by atoms with Gasteiger partial charge in [-0.2, -0.15) is 50.5 Å². The Bertz CT molecular complexity index is 2150. The Morgan fingerprint density at radius 3 is 0.732 bits per heavy atom. The molecule has 16 nitrogen and oxygen atoms in total. The summed E-state index contributed by atoms with van der Waals surface area (Å²) in [6.45, 7) is 0. The molecule has 4 atom stereocenters. The summed E-state index contributed by atoms with van der Waals surface area (Å²) in [6.07, 6.45) is 0. The van der Waals surface area contributed by atoms with Crippen molar-refractivity contribution in [3.05, 3.63) is 70.8 Å². The third-order valence-electron chi connectivity index (χ3n) is 9.02. The van der Waals surface area contributed by atoms with E-state index in [1.165, 1.54) is 48.5 Å².